The zero-order valence-electron chi connectivity index (χ0n) is 12.4. The molecule has 0 saturated carbocycles. The summed E-state index contributed by atoms with van der Waals surface area (Å²) in [6, 6.07) is 0. The van der Waals surface area contributed by atoms with E-state index in [-0.39, 0.29) is 23.6 Å². The molecule has 22 heavy (non-hydrogen) atoms. The number of nitrogens with zero attached hydrogens (tertiary/aromatic N) is 4. The Morgan fingerprint density at radius 1 is 1.32 bits per heavy atom. The lowest BCUT2D eigenvalue weighted by Crippen LogP contribution is -2.47. The first kappa shape index (κ1) is 14.7. The summed E-state index contributed by atoms with van der Waals surface area (Å²) in [4.78, 5) is 25.1. The molecule has 7 heteroatoms. The van der Waals surface area contributed by atoms with Crippen molar-refractivity contribution >= 4 is 11.9 Å². The van der Waals surface area contributed by atoms with E-state index in [2.05, 4.69) is 22.5 Å². The molecule has 7 nitrogen and oxygen atoms in total. The number of aromatic carboxylic acids is 1. The van der Waals surface area contributed by atoms with Crippen LogP contribution in [0.1, 0.15) is 42.6 Å². The maximum absolute atomic E-state index is 12.4. The van der Waals surface area contributed by atoms with Crippen LogP contribution < -0.4 is 0 Å². The largest absolute Gasteiger partial charge is 0.476 e. The summed E-state index contributed by atoms with van der Waals surface area (Å²) in [7, 11) is 0. The van der Waals surface area contributed by atoms with E-state index in [9.17, 15) is 9.59 Å². The van der Waals surface area contributed by atoms with Gasteiger partial charge >= 0.3 is 5.97 Å². The van der Waals surface area contributed by atoms with Crippen molar-refractivity contribution < 1.29 is 14.7 Å². The number of hydrogen-bond acceptors (Lipinski definition) is 4. The van der Waals surface area contributed by atoms with Crippen LogP contribution in [0, 0.1) is 5.41 Å². The summed E-state index contributed by atoms with van der Waals surface area (Å²) in [5.74, 6) is -1.15. The summed E-state index contributed by atoms with van der Waals surface area (Å²) in [5, 5.41) is 16.1. The number of likely N-dealkylation sites (tertiary alicyclic amines) is 1. The van der Waals surface area contributed by atoms with Gasteiger partial charge in [-0.25, -0.2) is 9.48 Å². The summed E-state index contributed by atoms with van der Waals surface area (Å²) in [6.07, 6.45) is 11.2. The molecule has 1 aliphatic carbocycles. The van der Waals surface area contributed by atoms with Crippen molar-refractivity contribution in [2.24, 2.45) is 5.41 Å². The second-order valence-corrected chi connectivity index (χ2v) is 6.24. The molecule has 3 rings (SSSR count). The zero-order chi connectivity index (χ0) is 15.6. The van der Waals surface area contributed by atoms with Gasteiger partial charge in [-0.05, 0) is 37.5 Å². The van der Waals surface area contributed by atoms with Crippen LogP contribution in [0.4, 0.5) is 0 Å². The summed E-state index contributed by atoms with van der Waals surface area (Å²) < 4.78 is 1.30. The molecule has 0 aromatic carbocycles. The first-order valence-electron chi connectivity index (χ1n) is 7.64. The van der Waals surface area contributed by atoms with Crippen molar-refractivity contribution in [3.8, 4) is 0 Å². The number of allylic oxidation sites excluding steroid dienone is 2. The molecule has 2 aliphatic rings. The van der Waals surface area contributed by atoms with Gasteiger partial charge in [0.15, 0.2) is 5.69 Å². The minimum Gasteiger partial charge on any atom is -0.476 e. The molecule has 1 amide bonds. The Morgan fingerprint density at radius 3 is 2.86 bits per heavy atom. The maximum atomic E-state index is 12.4. The third-order valence-electron chi connectivity index (χ3n) is 4.63. The molecule has 1 unspecified atom stereocenters. The Hall–Kier alpha value is -2.18. The summed E-state index contributed by atoms with van der Waals surface area (Å²) >= 11 is 0. The van der Waals surface area contributed by atoms with Crippen molar-refractivity contribution in [1.29, 1.82) is 0 Å². The van der Waals surface area contributed by atoms with Crippen LogP contribution in [-0.2, 0) is 11.3 Å². The van der Waals surface area contributed by atoms with Crippen molar-refractivity contribution in [3.63, 3.8) is 0 Å². The standard InChI is InChI=1S/C15H20N4O3/c20-13(10-19-9-12(14(21)22)16-17-19)18-8-4-7-15(11-18)5-2-1-3-6-15/h1-2,9H,3-8,10-11H2,(H,21,22). The van der Waals surface area contributed by atoms with E-state index >= 15 is 0 Å². The molecular weight excluding hydrogens is 284 g/mol. The van der Waals surface area contributed by atoms with Crippen molar-refractivity contribution in [1.82, 2.24) is 19.9 Å². The van der Waals surface area contributed by atoms with Gasteiger partial charge < -0.3 is 10.0 Å². The number of carbonyl (C=O) groups is 2. The highest BCUT2D eigenvalue weighted by molar-refractivity contribution is 5.84. The van der Waals surface area contributed by atoms with Gasteiger partial charge in [0, 0.05) is 13.1 Å². The van der Waals surface area contributed by atoms with Crippen LogP contribution >= 0.6 is 0 Å². The predicted octanol–water partition coefficient (Wildman–Crippen LogP) is 1.33. The molecule has 1 aliphatic heterocycles. The van der Waals surface area contributed by atoms with Gasteiger partial charge in [-0.2, -0.15) is 0 Å². The average molecular weight is 304 g/mol. The molecular formula is C15H20N4O3. The minimum atomic E-state index is -1.13. The Morgan fingerprint density at radius 2 is 2.18 bits per heavy atom. The minimum absolute atomic E-state index is 0.0181. The molecule has 1 N–H and O–H groups in total. The first-order valence-corrected chi connectivity index (χ1v) is 7.64. The number of hydrogen-bond donors (Lipinski definition) is 1. The second-order valence-electron chi connectivity index (χ2n) is 6.24. The smallest absolute Gasteiger partial charge is 0.358 e. The topological polar surface area (TPSA) is 88.3 Å². The van der Waals surface area contributed by atoms with E-state index in [1.807, 2.05) is 4.90 Å². The highest BCUT2D eigenvalue weighted by Gasteiger charge is 2.36. The predicted molar refractivity (Wildman–Crippen MR) is 78.2 cm³/mol. The number of carboxylic acids is 1. The molecule has 2 heterocycles. The molecule has 0 radical (unpaired) electrons. The zero-order valence-corrected chi connectivity index (χ0v) is 12.4. The quantitative estimate of drug-likeness (QED) is 0.851. The molecule has 1 atom stereocenters. The number of piperidine rings is 1. The Bertz CT molecular complexity index is 610. The maximum Gasteiger partial charge on any atom is 0.358 e. The van der Waals surface area contributed by atoms with E-state index in [4.69, 9.17) is 5.11 Å². The average Bonchev–Trinajstić information content (AvgIpc) is 2.97. The van der Waals surface area contributed by atoms with Crippen molar-refractivity contribution in [2.45, 2.75) is 38.6 Å². The fraction of sp³-hybridized carbons (Fsp3) is 0.600. The number of carbonyl (C=O) groups excluding carboxylic acids is 1. The van der Waals surface area contributed by atoms with Crippen LogP contribution in [0.15, 0.2) is 18.3 Å². The number of amides is 1. The lowest BCUT2D eigenvalue weighted by Gasteiger charge is -2.43. The van der Waals surface area contributed by atoms with Crippen LogP contribution in [0.2, 0.25) is 0 Å². The SMILES string of the molecule is O=C(O)c1cn(CC(=O)N2CCCC3(CC=CCC3)C2)nn1. The highest BCUT2D eigenvalue weighted by Crippen LogP contribution is 2.40. The first-order chi connectivity index (χ1) is 10.6. The Labute approximate surface area is 128 Å². The lowest BCUT2D eigenvalue weighted by molar-refractivity contribution is -0.135. The molecule has 1 spiro atoms. The van der Waals surface area contributed by atoms with Gasteiger partial charge in [-0.3, -0.25) is 4.79 Å². The Balaban J connectivity index is 1.64. The van der Waals surface area contributed by atoms with Crippen LogP contribution in [-0.4, -0.2) is 50.0 Å². The molecule has 1 saturated heterocycles. The van der Waals surface area contributed by atoms with Crippen LogP contribution in [0.5, 0.6) is 0 Å². The second kappa shape index (κ2) is 5.90. The third kappa shape index (κ3) is 3.03. The van der Waals surface area contributed by atoms with Crippen molar-refractivity contribution in [3.05, 3.63) is 24.0 Å². The molecule has 0 bridgehead atoms. The molecule has 118 valence electrons. The normalized spacial score (nSPS) is 24.6. The van der Waals surface area contributed by atoms with Gasteiger partial charge in [0.2, 0.25) is 5.91 Å². The summed E-state index contributed by atoms with van der Waals surface area (Å²) in [5.41, 5.74) is 0.0948. The van der Waals surface area contributed by atoms with Crippen LogP contribution in [0.3, 0.4) is 0 Å². The Kier molecular flexibility index (Phi) is 3.96. The number of carboxylic acid groups (broad SMARTS) is 1. The number of rotatable bonds is 3. The lowest BCUT2D eigenvalue weighted by atomic mass is 9.71. The monoisotopic (exact) mass is 304 g/mol. The summed E-state index contributed by atoms with van der Waals surface area (Å²) in [6.45, 7) is 1.60. The van der Waals surface area contributed by atoms with E-state index in [1.54, 1.807) is 0 Å². The van der Waals surface area contributed by atoms with E-state index < -0.39 is 5.97 Å². The van der Waals surface area contributed by atoms with Crippen LogP contribution in [0.25, 0.3) is 0 Å². The third-order valence-corrected chi connectivity index (χ3v) is 4.63. The number of aromatic nitrogens is 3. The van der Waals surface area contributed by atoms with Gasteiger partial charge in [0.1, 0.15) is 6.54 Å². The molecule has 1 aromatic heterocycles. The van der Waals surface area contributed by atoms with Gasteiger partial charge in [0.05, 0.1) is 6.20 Å². The fourth-order valence-electron chi connectivity index (χ4n) is 3.45. The van der Waals surface area contributed by atoms with Gasteiger partial charge in [-0.1, -0.05) is 17.4 Å². The van der Waals surface area contributed by atoms with E-state index in [1.165, 1.54) is 17.3 Å². The molecule has 1 aromatic rings. The molecule has 1 fully saturated rings. The van der Waals surface area contributed by atoms with E-state index in [0.29, 0.717) is 0 Å². The fourth-order valence-corrected chi connectivity index (χ4v) is 3.45. The van der Waals surface area contributed by atoms with Crippen molar-refractivity contribution in [2.75, 3.05) is 13.1 Å². The van der Waals surface area contributed by atoms with E-state index in [0.717, 1.165) is 38.8 Å². The van der Waals surface area contributed by atoms with Gasteiger partial charge in [-0.15, -0.1) is 5.10 Å². The van der Waals surface area contributed by atoms with Gasteiger partial charge in [0.25, 0.3) is 0 Å². The highest BCUT2D eigenvalue weighted by atomic mass is 16.4.